The molecule has 0 unspecified atom stereocenters. The molecule has 6 nitrogen and oxygen atoms in total. The quantitative estimate of drug-likeness (QED) is 0.555. The van der Waals surface area contributed by atoms with Crippen LogP contribution in [0.1, 0.15) is 29.8 Å². The van der Waals surface area contributed by atoms with Gasteiger partial charge < -0.3 is 4.74 Å². The van der Waals surface area contributed by atoms with Gasteiger partial charge in [-0.15, -0.1) is 0 Å². The zero-order chi connectivity index (χ0) is 19.3. The molecule has 2 rings (SSSR count). The van der Waals surface area contributed by atoms with Crippen molar-refractivity contribution in [3.63, 3.8) is 0 Å². The Morgan fingerprint density at radius 3 is 2.50 bits per heavy atom. The molecule has 0 bridgehead atoms. The first-order valence-electron chi connectivity index (χ1n) is 7.85. The van der Waals surface area contributed by atoms with Gasteiger partial charge in [-0.3, -0.25) is 0 Å². The van der Waals surface area contributed by atoms with Crippen molar-refractivity contribution in [3.05, 3.63) is 58.6 Å². The van der Waals surface area contributed by atoms with Crippen molar-refractivity contribution in [1.29, 1.82) is 5.26 Å². The number of rotatable bonds is 6. The molecular formula is C18H17ClN2O4S. The maximum atomic E-state index is 12.6. The molecule has 0 aliphatic heterocycles. The van der Waals surface area contributed by atoms with E-state index in [-0.39, 0.29) is 21.2 Å². The molecule has 0 N–H and O–H groups in total. The summed E-state index contributed by atoms with van der Waals surface area (Å²) in [6, 6.07) is 11.9. The van der Waals surface area contributed by atoms with Gasteiger partial charge in [-0.2, -0.15) is 9.57 Å². The molecule has 8 heteroatoms. The fourth-order valence-corrected chi connectivity index (χ4v) is 4.00. The molecular weight excluding hydrogens is 376 g/mol. The van der Waals surface area contributed by atoms with Crippen LogP contribution in [0.4, 0.5) is 0 Å². The number of hydrogen-bond acceptors (Lipinski definition) is 5. The second kappa shape index (κ2) is 8.32. The van der Waals surface area contributed by atoms with Crippen LogP contribution in [0.2, 0.25) is 5.02 Å². The van der Waals surface area contributed by atoms with Crippen molar-refractivity contribution in [1.82, 2.24) is 4.31 Å². The molecule has 0 saturated heterocycles. The van der Waals surface area contributed by atoms with Crippen molar-refractivity contribution in [2.24, 2.45) is 0 Å². The minimum atomic E-state index is -3.73. The van der Waals surface area contributed by atoms with E-state index in [9.17, 15) is 13.2 Å². The number of sulfonamides is 1. The smallest absolute Gasteiger partial charge is 0.345 e. The third kappa shape index (κ3) is 4.22. The van der Waals surface area contributed by atoms with Gasteiger partial charge in [-0.05, 0) is 36.4 Å². The summed E-state index contributed by atoms with van der Waals surface area (Å²) in [5.74, 6) is -0.635. The molecule has 0 fully saturated rings. The molecule has 2 aromatic carbocycles. The molecule has 0 saturated carbocycles. The average molecular weight is 393 g/mol. The van der Waals surface area contributed by atoms with E-state index in [1.807, 2.05) is 6.07 Å². The lowest BCUT2D eigenvalue weighted by atomic mass is 10.2. The molecule has 0 aliphatic rings. The maximum Gasteiger partial charge on any atom is 0.345 e. The number of halogens is 1. The molecule has 136 valence electrons. The standard InChI is InChI=1S/C18H17ClN2O4S/c1-3-21(4-2)26(23,24)15-8-9-17(19)16(11-15)18(22)25-14-7-5-6-13(10-14)12-20/h5-11H,3-4H2,1-2H3. The summed E-state index contributed by atoms with van der Waals surface area (Å²) < 4.78 is 31.7. The molecule has 0 atom stereocenters. The largest absolute Gasteiger partial charge is 0.423 e. The lowest BCUT2D eigenvalue weighted by Crippen LogP contribution is -2.30. The number of nitrogens with zero attached hydrogens (tertiary/aromatic N) is 2. The van der Waals surface area contributed by atoms with E-state index >= 15 is 0 Å². The summed E-state index contributed by atoms with van der Waals surface area (Å²) in [6.45, 7) is 4.08. The fraction of sp³-hybridized carbons (Fsp3) is 0.222. The zero-order valence-electron chi connectivity index (χ0n) is 14.3. The van der Waals surface area contributed by atoms with Crippen molar-refractivity contribution in [2.45, 2.75) is 18.7 Å². The Bertz CT molecular complexity index is 963. The van der Waals surface area contributed by atoms with Crippen LogP contribution in [-0.2, 0) is 10.0 Å². The summed E-state index contributed by atoms with van der Waals surface area (Å²) in [7, 11) is -3.73. The van der Waals surface area contributed by atoms with Crippen LogP contribution < -0.4 is 4.74 Å². The lowest BCUT2D eigenvalue weighted by Gasteiger charge is -2.19. The first-order valence-corrected chi connectivity index (χ1v) is 9.67. The number of hydrogen-bond donors (Lipinski definition) is 0. The van der Waals surface area contributed by atoms with Gasteiger partial charge in [0, 0.05) is 13.1 Å². The summed E-state index contributed by atoms with van der Waals surface area (Å²) >= 11 is 6.05. The molecule has 0 spiro atoms. The second-order valence-electron chi connectivity index (χ2n) is 5.26. The number of benzene rings is 2. The zero-order valence-corrected chi connectivity index (χ0v) is 15.8. The minimum Gasteiger partial charge on any atom is -0.423 e. The van der Waals surface area contributed by atoms with Gasteiger partial charge in [-0.1, -0.05) is 31.5 Å². The Morgan fingerprint density at radius 1 is 1.19 bits per heavy atom. The molecule has 0 amide bonds. The number of carbonyl (C=O) groups excluding carboxylic acids is 1. The Hall–Kier alpha value is -2.40. The molecule has 0 aliphatic carbocycles. The number of carbonyl (C=O) groups is 1. The van der Waals surface area contributed by atoms with E-state index in [1.165, 1.54) is 34.6 Å². The van der Waals surface area contributed by atoms with Crippen LogP contribution in [0, 0.1) is 11.3 Å². The van der Waals surface area contributed by atoms with E-state index < -0.39 is 16.0 Å². The van der Waals surface area contributed by atoms with Crippen LogP contribution in [0.5, 0.6) is 5.75 Å². The molecule has 0 radical (unpaired) electrons. The first-order chi connectivity index (χ1) is 12.3. The summed E-state index contributed by atoms with van der Waals surface area (Å²) in [5, 5.41) is 8.97. The number of esters is 1. The third-order valence-corrected chi connectivity index (χ3v) is 6.05. The molecule has 0 heterocycles. The van der Waals surface area contributed by atoms with Crippen LogP contribution in [0.25, 0.3) is 0 Å². The Labute approximate surface area is 157 Å². The average Bonchev–Trinajstić information content (AvgIpc) is 2.62. The van der Waals surface area contributed by atoms with E-state index in [0.29, 0.717) is 18.7 Å². The van der Waals surface area contributed by atoms with Gasteiger partial charge in [0.25, 0.3) is 0 Å². The van der Waals surface area contributed by atoms with Crippen LogP contribution in [0.15, 0.2) is 47.4 Å². The van der Waals surface area contributed by atoms with Crippen molar-refractivity contribution in [3.8, 4) is 11.8 Å². The van der Waals surface area contributed by atoms with Gasteiger partial charge in [0.05, 0.1) is 27.1 Å². The highest BCUT2D eigenvalue weighted by Gasteiger charge is 2.24. The van der Waals surface area contributed by atoms with E-state index in [2.05, 4.69) is 0 Å². The van der Waals surface area contributed by atoms with E-state index in [1.54, 1.807) is 26.0 Å². The van der Waals surface area contributed by atoms with E-state index in [0.717, 1.165) is 0 Å². The van der Waals surface area contributed by atoms with Gasteiger partial charge in [0.1, 0.15) is 5.75 Å². The van der Waals surface area contributed by atoms with Gasteiger partial charge in [-0.25, -0.2) is 13.2 Å². The Kier molecular flexibility index (Phi) is 6.37. The highest BCUT2D eigenvalue weighted by molar-refractivity contribution is 7.89. The highest BCUT2D eigenvalue weighted by atomic mass is 35.5. The van der Waals surface area contributed by atoms with Crippen LogP contribution in [0.3, 0.4) is 0 Å². The normalized spacial score (nSPS) is 11.2. The van der Waals surface area contributed by atoms with Crippen molar-refractivity contribution in [2.75, 3.05) is 13.1 Å². The summed E-state index contributed by atoms with van der Waals surface area (Å²) in [6.07, 6.45) is 0. The van der Waals surface area contributed by atoms with Gasteiger partial charge in [0.15, 0.2) is 0 Å². The monoisotopic (exact) mass is 392 g/mol. The number of ether oxygens (including phenoxy) is 1. The topological polar surface area (TPSA) is 87.5 Å². The SMILES string of the molecule is CCN(CC)S(=O)(=O)c1ccc(Cl)c(C(=O)Oc2cccc(C#N)c2)c1. The third-order valence-electron chi connectivity index (χ3n) is 3.67. The van der Waals surface area contributed by atoms with Crippen molar-refractivity contribution >= 4 is 27.6 Å². The van der Waals surface area contributed by atoms with Gasteiger partial charge in [0.2, 0.25) is 10.0 Å². The van der Waals surface area contributed by atoms with Crippen molar-refractivity contribution < 1.29 is 17.9 Å². The minimum absolute atomic E-state index is 0.0386. The Morgan fingerprint density at radius 2 is 1.88 bits per heavy atom. The summed E-state index contributed by atoms with van der Waals surface area (Å²) in [4.78, 5) is 12.4. The predicted octanol–water partition coefficient (Wildman–Crippen LogP) is 3.46. The van der Waals surface area contributed by atoms with Crippen LogP contribution in [-0.4, -0.2) is 31.8 Å². The lowest BCUT2D eigenvalue weighted by molar-refractivity contribution is 0.0734. The summed E-state index contributed by atoms with van der Waals surface area (Å²) in [5.41, 5.74) is 0.265. The predicted molar refractivity (Wildman–Crippen MR) is 97.7 cm³/mol. The van der Waals surface area contributed by atoms with Crippen LogP contribution >= 0.6 is 11.6 Å². The second-order valence-corrected chi connectivity index (χ2v) is 7.61. The molecule has 26 heavy (non-hydrogen) atoms. The highest BCUT2D eigenvalue weighted by Crippen LogP contribution is 2.24. The van der Waals surface area contributed by atoms with Gasteiger partial charge >= 0.3 is 5.97 Å². The Balaban J connectivity index is 2.38. The fourth-order valence-electron chi connectivity index (χ4n) is 2.33. The number of nitriles is 1. The molecule has 2 aromatic rings. The van der Waals surface area contributed by atoms with E-state index in [4.69, 9.17) is 21.6 Å². The molecule has 0 aromatic heterocycles. The maximum absolute atomic E-state index is 12.6. The first kappa shape index (κ1) is 19.9.